The van der Waals surface area contributed by atoms with Gasteiger partial charge in [0, 0.05) is 12.2 Å². The lowest BCUT2D eigenvalue weighted by atomic mass is 10.2. The number of nitrogen functional groups attached to an aromatic ring is 1. The molecule has 0 aromatic heterocycles. The molecule has 1 saturated heterocycles. The van der Waals surface area contributed by atoms with Gasteiger partial charge in [-0.15, -0.1) is 0 Å². The quantitative estimate of drug-likeness (QED) is 0.806. The zero-order valence-electron chi connectivity index (χ0n) is 9.82. The van der Waals surface area contributed by atoms with Crippen molar-refractivity contribution in [2.24, 2.45) is 0 Å². The summed E-state index contributed by atoms with van der Waals surface area (Å²) in [5.74, 6) is -0.242. The third kappa shape index (κ3) is 3.35. The number of halogens is 1. The zero-order valence-corrected chi connectivity index (χ0v) is 10.6. The first-order chi connectivity index (χ1) is 8.66. The molecule has 1 aromatic rings. The number of carbonyl (C=O) groups is 1. The van der Waals surface area contributed by atoms with Gasteiger partial charge in [0.15, 0.2) is 0 Å². The van der Waals surface area contributed by atoms with Gasteiger partial charge in [-0.2, -0.15) is 0 Å². The lowest BCUT2D eigenvalue weighted by Gasteiger charge is -2.23. The van der Waals surface area contributed by atoms with Gasteiger partial charge in [-0.25, -0.2) is 0 Å². The Balaban J connectivity index is 1.90. The van der Waals surface area contributed by atoms with Gasteiger partial charge in [0.2, 0.25) is 0 Å². The molecule has 18 heavy (non-hydrogen) atoms. The summed E-state index contributed by atoms with van der Waals surface area (Å²) in [6, 6.07) is 4.79. The number of nitrogens with two attached hydrogens (primary N) is 1. The van der Waals surface area contributed by atoms with Crippen LogP contribution in [0.3, 0.4) is 0 Å². The van der Waals surface area contributed by atoms with Crippen molar-refractivity contribution in [3.8, 4) is 0 Å². The molecule has 1 aliphatic heterocycles. The molecule has 0 spiro atoms. The van der Waals surface area contributed by atoms with E-state index in [0.29, 0.717) is 42.6 Å². The van der Waals surface area contributed by atoms with Crippen LogP contribution in [0.4, 0.5) is 5.69 Å². The van der Waals surface area contributed by atoms with Crippen LogP contribution in [0.5, 0.6) is 0 Å². The Hall–Kier alpha value is -1.30. The van der Waals surface area contributed by atoms with E-state index < -0.39 is 0 Å². The Morgan fingerprint density at radius 1 is 1.50 bits per heavy atom. The molecule has 1 unspecified atom stereocenters. The number of amides is 1. The number of benzene rings is 1. The van der Waals surface area contributed by atoms with Crippen molar-refractivity contribution in [3.63, 3.8) is 0 Å². The molecule has 0 radical (unpaired) electrons. The Labute approximate surface area is 110 Å². The highest BCUT2D eigenvalue weighted by Gasteiger charge is 2.16. The number of anilines is 1. The monoisotopic (exact) mass is 270 g/mol. The van der Waals surface area contributed by atoms with Crippen molar-refractivity contribution in [2.45, 2.75) is 6.10 Å². The SMILES string of the molecule is Nc1ccc(C(=O)NCC2COCCO2)c(Cl)c1. The van der Waals surface area contributed by atoms with E-state index in [0.717, 1.165) is 0 Å². The van der Waals surface area contributed by atoms with Crippen LogP contribution in [0.15, 0.2) is 18.2 Å². The average molecular weight is 271 g/mol. The molecule has 1 amide bonds. The summed E-state index contributed by atoms with van der Waals surface area (Å²) >= 11 is 5.95. The average Bonchev–Trinajstić information content (AvgIpc) is 2.37. The standard InChI is InChI=1S/C12H15ClN2O3/c13-11-5-8(14)1-2-10(11)12(16)15-6-9-7-17-3-4-18-9/h1-2,5,9H,3-4,6-7,14H2,(H,15,16). The molecule has 1 heterocycles. The van der Waals surface area contributed by atoms with Crippen LogP contribution >= 0.6 is 11.6 Å². The molecule has 1 atom stereocenters. The summed E-state index contributed by atoms with van der Waals surface area (Å²) < 4.78 is 10.7. The Bertz CT molecular complexity index is 433. The lowest BCUT2D eigenvalue weighted by Crippen LogP contribution is -2.39. The maximum Gasteiger partial charge on any atom is 0.252 e. The van der Waals surface area contributed by atoms with Gasteiger partial charge < -0.3 is 20.5 Å². The smallest absolute Gasteiger partial charge is 0.252 e. The van der Waals surface area contributed by atoms with Crippen molar-refractivity contribution in [1.82, 2.24) is 5.32 Å². The predicted molar refractivity (Wildman–Crippen MR) is 68.8 cm³/mol. The van der Waals surface area contributed by atoms with E-state index in [2.05, 4.69) is 5.32 Å². The molecule has 0 bridgehead atoms. The van der Waals surface area contributed by atoms with Crippen LogP contribution < -0.4 is 11.1 Å². The predicted octanol–water partition coefficient (Wildman–Crippen LogP) is 1.07. The molecule has 5 nitrogen and oxygen atoms in total. The molecule has 6 heteroatoms. The number of nitrogens with one attached hydrogen (secondary N) is 1. The molecular weight excluding hydrogens is 256 g/mol. The van der Waals surface area contributed by atoms with Gasteiger partial charge in [0.1, 0.15) is 0 Å². The first-order valence-corrected chi connectivity index (χ1v) is 6.07. The van der Waals surface area contributed by atoms with E-state index in [9.17, 15) is 4.79 Å². The van der Waals surface area contributed by atoms with E-state index in [1.54, 1.807) is 18.2 Å². The molecule has 1 aliphatic rings. The van der Waals surface area contributed by atoms with Crippen LogP contribution in [0.1, 0.15) is 10.4 Å². The lowest BCUT2D eigenvalue weighted by molar-refractivity contribution is -0.0855. The fourth-order valence-electron chi connectivity index (χ4n) is 1.67. The second-order valence-corrected chi connectivity index (χ2v) is 4.42. The van der Waals surface area contributed by atoms with Crippen molar-refractivity contribution in [1.29, 1.82) is 0 Å². The highest BCUT2D eigenvalue weighted by atomic mass is 35.5. The second-order valence-electron chi connectivity index (χ2n) is 4.02. The Morgan fingerprint density at radius 3 is 3.00 bits per heavy atom. The largest absolute Gasteiger partial charge is 0.399 e. The minimum absolute atomic E-state index is 0.102. The van der Waals surface area contributed by atoms with Crippen molar-refractivity contribution in [3.05, 3.63) is 28.8 Å². The topological polar surface area (TPSA) is 73.6 Å². The number of rotatable bonds is 3. The van der Waals surface area contributed by atoms with Gasteiger partial charge in [0.05, 0.1) is 36.5 Å². The van der Waals surface area contributed by atoms with E-state index in [1.165, 1.54) is 0 Å². The van der Waals surface area contributed by atoms with Gasteiger partial charge in [-0.05, 0) is 18.2 Å². The van der Waals surface area contributed by atoms with Crippen LogP contribution in [-0.2, 0) is 9.47 Å². The zero-order chi connectivity index (χ0) is 13.0. The normalized spacial score (nSPS) is 19.5. The van der Waals surface area contributed by atoms with Crippen LogP contribution in [0, 0.1) is 0 Å². The van der Waals surface area contributed by atoms with E-state index >= 15 is 0 Å². The summed E-state index contributed by atoms with van der Waals surface area (Å²) in [4.78, 5) is 11.9. The first-order valence-electron chi connectivity index (χ1n) is 5.69. The first kappa shape index (κ1) is 13.1. The maximum absolute atomic E-state index is 11.9. The summed E-state index contributed by atoms with van der Waals surface area (Å²) in [6.07, 6.45) is -0.102. The third-order valence-electron chi connectivity index (χ3n) is 2.61. The third-order valence-corrected chi connectivity index (χ3v) is 2.93. The second kappa shape index (κ2) is 6.04. The number of carbonyl (C=O) groups excluding carboxylic acids is 1. The van der Waals surface area contributed by atoms with Crippen LogP contribution in [0.25, 0.3) is 0 Å². The molecule has 0 aliphatic carbocycles. The van der Waals surface area contributed by atoms with Crippen molar-refractivity contribution >= 4 is 23.2 Å². The summed E-state index contributed by atoms with van der Waals surface area (Å²) in [5, 5.41) is 3.10. The van der Waals surface area contributed by atoms with E-state index in [4.69, 9.17) is 26.8 Å². The van der Waals surface area contributed by atoms with E-state index in [1.807, 2.05) is 0 Å². The highest BCUT2D eigenvalue weighted by Crippen LogP contribution is 2.18. The molecule has 2 rings (SSSR count). The minimum atomic E-state index is -0.242. The molecule has 3 N–H and O–H groups in total. The summed E-state index contributed by atoms with van der Waals surface area (Å²) in [6.45, 7) is 2.06. The van der Waals surface area contributed by atoms with Crippen molar-refractivity contribution in [2.75, 3.05) is 32.1 Å². The molecule has 98 valence electrons. The Morgan fingerprint density at radius 2 is 2.33 bits per heavy atom. The number of hydrogen-bond acceptors (Lipinski definition) is 4. The summed E-state index contributed by atoms with van der Waals surface area (Å²) in [5.41, 5.74) is 6.50. The van der Waals surface area contributed by atoms with Gasteiger partial charge in [0.25, 0.3) is 5.91 Å². The van der Waals surface area contributed by atoms with Crippen LogP contribution in [0.2, 0.25) is 5.02 Å². The fraction of sp³-hybridized carbons (Fsp3) is 0.417. The number of ether oxygens (including phenoxy) is 2. The molecule has 1 aromatic carbocycles. The fourth-order valence-corrected chi connectivity index (χ4v) is 1.95. The van der Waals surface area contributed by atoms with Gasteiger partial charge in [-0.1, -0.05) is 11.6 Å². The van der Waals surface area contributed by atoms with Crippen molar-refractivity contribution < 1.29 is 14.3 Å². The van der Waals surface area contributed by atoms with Gasteiger partial charge in [-0.3, -0.25) is 4.79 Å². The molecular formula is C12H15ClN2O3. The maximum atomic E-state index is 11.9. The number of hydrogen-bond donors (Lipinski definition) is 2. The summed E-state index contributed by atoms with van der Waals surface area (Å²) in [7, 11) is 0. The Kier molecular flexibility index (Phi) is 4.41. The van der Waals surface area contributed by atoms with Gasteiger partial charge >= 0.3 is 0 Å². The minimum Gasteiger partial charge on any atom is -0.399 e. The molecule has 0 saturated carbocycles. The molecule has 1 fully saturated rings. The highest BCUT2D eigenvalue weighted by molar-refractivity contribution is 6.34. The van der Waals surface area contributed by atoms with Crippen LogP contribution in [-0.4, -0.2) is 38.4 Å². The van der Waals surface area contributed by atoms with E-state index in [-0.39, 0.29) is 12.0 Å².